The summed E-state index contributed by atoms with van der Waals surface area (Å²) in [6.45, 7) is 8.86. The van der Waals surface area contributed by atoms with Crippen LogP contribution in [0.4, 0.5) is 0 Å². The number of rotatable bonds is 4. The number of nitrogens with zero attached hydrogens (tertiary/aromatic N) is 2. The molecular weight excluding hydrogens is 278 g/mol. The van der Waals surface area contributed by atoms with Crippen molar-refractivity contribution in [3.05, 3.63) is 11.6 Å². The van der Waals surface area contributed by atoms with E-state index >= 15 is 0 Å². The SMILES string of the molecule is CC(C)NC(=O)[C@H](C)N1CCN(C(=O)C2=CCCCC2)CC1. The number of hydrogen-bond donors (Lipinski definition) is 1. The van der Waals surface area contributed by atoms with Crippen LogP contribution in [-0.2, 0) is 9.59 Å². The largest absolute Gasteiger partial charge is 0.353 e. The molecule has 22 heavy (non-hydrogen) atoms. The van der Waals surface area contributed by atoms with Crippen LogP contribution in [0.2, 0.25) is 0 Å². The van der Waals surface area contributed by atoms with Gasteiger partial charge in [0.2, 0.25) is 11.8 Å². The maximum absolute atomic E-state index is 12.5. The Morgan fingerprint density at radius 1 is 1.09 bits per heavy atom. The van der Waals surface area contributed by atoms with Crippen molar-refractivity contribution >= 4 is 11.8 Å². The minimum atomic E-state index is -0.131. The van der Waals surface area contributed by atoms with E-state index in [1.807, 2.05) is 25.7 Å². The molecule has 1 heterocycles. The highest BCUT2D eigenvalue weighted by Crippen LogP contribution is 2.20. The molecule has 0 radical (unpaired) electrons. The Balaban J connectivity index is 1.83. The number of carbonyl (C=O) groups is 2. The van der Waals surface area contributed by atoms with Gasteiger partial charge in [0.15, 0.2) is 0 Å². The first-order chi connectivity index (χ1) is 10.5. The molecule has 0 aromatic carbocycles. The molecule has 124 valence electrons. The average molecular weight is 307 g/mol. The van der Waals surface area contributed by atoms with Crippen molar-refractivity contribution in [2.45, 2.75) is 58.5 Å². The third kappa shape index (κ3) is 4.32. The van der Waals surface area contributed by atoms with Crippen molar-refractivity contribution in [3.63, 3.8) is 0 Å². The molecule has 1 N–H and O–H groups in total. The van der Waals surface area contributed by atoms with E-state index in [0.717, 1.165) is 51.0 Å². The summed E-state index contributed by atoms with van der Waals surface area (Å²) in [6.07, 6.45) is 6.40. The van der Waals surface area contributed by atoms with E-state index < -0.39 is 0 Å². The van der Waals surface area contributed by atoms with E-state index in [-0.39, 0.29) is 23.9 Å². The first-order valence-corrected chi connectivity index (χ1v) is 8.51. The maximum atomic E-state index is 12.5. The zero-order chi connectivity index (χ0) is 16.1. The first kappa shape index (κ1) is 17.0. The molecule has 2 rings (SSSR count). The van der Waals surface area contributed by atoms with E-state index in [4.69, 9.17) is 0 Å². The lowest BCUT2D eigenvalue weighted by molar-refractivity contribution is -0.131. The summed E-state index contributed by atoms with van der Waals surface area (Å²) in [5.74, 6) is 0.281. The van der Waals surface area contributed by atoms with E-state index in [2.05, 4.69) is 16.3 Å². The number of hydrogen-bond acceptors (Lipinski definition) is 3. The average Bonchev–Trinajstić information content (AvgIpc) is 2.54. The van der Waals surface area contributed by atoms with Crippen LogP contribution in [0.25, 0.3) is 0 Å². The normalized spacial score (nSPS) is 21.5. The zero-order valence-corrected chi connectivity index (χ0v) is 14.1. The summed E-state index contributed by atoms with van der Waals surface area (Å²) in [6, 6.07) is 0.0320. The predicted molar refractivity (Wildman–Crippen MR) is 87.4 cm³/mol. The van der Waals surface area contributed by atoms with Gasteiger partial charge in [-0.05, 0) is 46.5 Å². The third-order valence-electron chi connectivity index (χ3n) is 4.53. The number of amides is 2. The van der Waals surface area contributed by atoms with Gasteiger partial charge >= 0.3 is 0 Å². The van der Waals surface area contributed by atoms with E-state index in [9.17, 15) is 9.59 Å². The molecule has 1 aliphatic carbocycles. The molecular formula is C17H29N3O2. The van der Waals surface area contributed by atoms with Crippen LogP contribution < -0.4 is 5.32 Å². The number of piperazine rings is 1. The second kappa shape index (κ2) is 7.77. The van der Waals surface area contributed by atoms with Crippen LogP contribution in [0.15, 0.2) is 11.6 Å². The third-order valence-corrected chi connectivity index (χ3v) is 4.53. The quantitative estimate of drug-likeness (QED) is 0.857. The van der Waals surface area contributed by atoms with Gasteiger partial charge in [-0.15, -0.1) is 0 Å². The maximum Gasteiger partial charge on any atom is 0.249 e. The molecule has 0 saturated carbocycles. The summed E-state index contributed by atoms with van der Waals surface area (Å²) >= 11 is 0. The first-order valence-electron chi connectivity index (χ1n) is 8.51. The smallest absolute Gasteiger partial charge is 0.249 e. The van der Waals surface area contributed by atoms with Crippen LogP contribution in [0.3, 0.4) is 0 Å². The molecule has 0 aromatic rings. The molecule has 1 aliphatic heterocycles. The lowest BCUT2D eigenvalue weighted by Crippen LogP contribution is -2.55. The molecule has 0 unspecified atom stereocenters. The molecule has 5 nitrogen and oxygen atoms in total. The summed E-state index contributed by atoms with van der Waals surface area (Å²) in [4.78, 5) is 28.7. The van der Waals surface area contributed by atoms with Crippen molar-refractivity contribution in [3.8, 4) is 0 Å². The van der Waals surface area contributed by atoms with Gasteiger partial charge in [-0.3, -0.25) is 14.5 Å². The Labute approximate surface area is 133 Å². The van der Waals surface area contributed by atoms with Crippen molar-refractivity contribution in [1.29, 1.82) is 0 Å². The molecule has 1 fully saturated rings. The van der Waals surface area contributed by atoms with Crippen molar-refractivity contribution in [1.82, 2.24) is 15.1 Å². The van der Waals surface area contributed by atoms with Crippen LogP contribution in [0, 0.1) is 0 Å². The molecule has 2 aliphatic rings. The van der Waals surface area contributed by atoms with Gasteiger partial charge in [0.25, 0.3) is 0 Å². The topological polar surface area (TPSA) is 52.7 Å². The minimum absolute atomic E-state index is 0.0739. The number of nitrogens with one attached hydrogen (secondary N) is 1. The number of carbonyl (C=O) groups excluding carboxylic acids is 2. The fourth-order valence-electron chi connectivity index (χ4n) is 3.12. The van der Waals surface area contributed by atoms with Crippen molar-refractivity contribution in [2.75, 3.05) is 26.2 Å². The molecule has 1 saturated heterocycles. The van der Waals surface area contributed by atoms with Crippen LogP contribution in [0.5, 0.6) is 0 Å². The number of allylic oxidation sites excluding steroid dienone is 1. The van der Waals surface area contributed by atoms with E-state index in [1.165, 1.54) is 6.42 Å². The predicted octanol–water partition coefficient (Wildman–Crippen LogP) is 1.54. The highest BCUT2D eigenvalue weighted by atomic mass is 16.2. The fourth-order valence-corrected chi connectivity index (χ4v) is 3.12. The Kier molecular flexibility index (Phi) is 6.00. The molecule has 0 aromatic heterocycles. The Bertz CT molecular complexity index is 437. The van der Waals surface area contributed by atoms with Gasteiger partial charge in [0.1, 0.15) is 0 Å². The summed E-state index contributed by atoms with van der Waals surface area (Å²) < 4.78 is 0. The standard InChI is InChI=1S/C17H29N3O2/c1-13(2)18-16(21)14(3)19-9-11-20(12-10-19)17(22)15-7-5-4-6-8-15/h7,13-14H,4-6,8-12H2,1-3H3,(H,18,21)/t14-/m0/s1. The molecule has 2 amide bonds. The van der Waals surface area contributed by atoms with Gasteiger partial charge in [0, 0.05) is 37.8 Å². The lowest BCUT2D eigenvalue weighted by atomic mass is 9.98. The molecule has 0 bridgehead atoms. The highest BCUT2D eigenvalue weighted by molar-refractivity contribution is 5.93. The van der Waals surface area contributed by atoms with E-state index in [1.54, 1.807) is 0 Å². The lowest BCUT2D eigenvalue weighted by Gasteiger charge is -2.38. The van der Waals surface area contributed by atoms with Gasteiger partial charge in [-0.1, -0.05) is 6.08 Å². The summed E-state index contributed by atoms with van der Waals surface area (Å²) in [5, 5.41) is 2.96. The van der Waals surface area contributed by atoms with Gasteiger partial charge in [-0.2, -0.15) is 0 Å². The summed E-state index contributed by atoms with van der Waals surface area (Å²) in [5.41, 5.74) is 0.991. The van der Waals surface area contributed by atoms with Gasteiger partial charge in [0.05, 0.1) is 6.04 Å². The van der Waals surface area contributed by atoms with Crippen molar-refractivity contribution < 1.29 is 9.59 Å². The molecule has 5 heteroatoms. The summed E-state index contributed by atoms with van der Waals surface area (Å²) in [7, 11) is 0. The second-order valence-corrected chi connectivity index (χ2v) is 6.64. The van der Waals surface area contributed by atoms with Crippen LogP contribution in [-0.4, -0.2) is 59.9 Å². The van der Waals surface area contributed by atoms with Gasteiger partial charge in [-0.25, -0.2) is 0 Å². The zero-order valence-electron chi connectivity index (χ0n) is 14.1. The van der Waals surface area contributed by atoms with Gasteiger partial charge < -0.3 is 10.2 Å². The van der Waals surface area contributed by atoms with Crippen LogP contribution >= 0.6 is 0 Å². The molecule has 0 spiro atoms. The second-order valence-electron chi connectivity index (χ2n) is 6.64. The minimum Gasteiger partial charge on any atom is -0.353 e. The Morgan fingerprint density at radius 3 is 2.32 bits per heavy atom. The van der Waals surface area contributed by atoms with Crippen molar-refractivity contribution in [2.24, 2.45) is 0 Å². The molecule has 1 atom stereocenters. The Morgan fingerprint density at radius 2 is 1.77 bits per heavy atom. The fraction of sp³-hybridized carbons (Fsp3) is 0.765. The Hall–Kier alpha value is -1.36. The van der Waals surface area contributed by atoms with Crippen LogP contribution in [0.1, 0.15) is 46.5 Å². The monoisotopic (exact) mass is 307 g/mol. The highest BCUT2D eigenvalue weighted by Gasteiger charge is 2.28. The van der Waals surface area contributed by atoms with E-state index in [0.29, 0.717) is 0 Å².